The zero-order valence-corrected chi connectivity index (χ0v) is 19.5. The lowest BCUT2D eigenvalue weighted by Crippen LogP contribution is -2.32. The highest BCUT2D eigenvalue weighted by Gasteiger charge is 2.22. The number of anilines is 1. The molecule has 0 spiro atoms. The van der Waals surface area contributed by atoms with Crippen LogP contribution in [0.5, 0.6) is 5.75 Å². The van der Waals surface area contributed by atoms with Crippen LogP contribution in [0.25, 0.3) is 21.3 Å². The third-order valence-corrected chi connectivity index (χ3v) is 6.63. The molecule has 0 saturated carbocycles. The number of rotatable bonds is 7. The third-order valence-electron chi connectivity index (χ3n) is 5.59. The van der Waals surface area contributed by atoms with Crippen molar-refractivity contribution in [3.63, 3.8) is 0 Å². The monoisotopic (exact) mass is 465 g/mol. The zero-order chi connectivity index (χ0) is 23.3. The van der Waals surface area contributed by atoms with Gasteiger partial charge in [0.05, 0.1) is 30.5 Å². The largest absolute Gasteiger partial charge is 0.494 e. The number of nitrogens with zero attached hydrogens (tertiary/aromatic N) is 3. The highest BCUT2D eigenvalue weighted by Crippen LogP contribution is 2.35. The van der Waals surface area contributed by atoms with Gasteiger partial charge in [-0.05, 0) is 41.0 Å². The summed E-state index contributed by atoms with van der Waals surface area (Å²) in [5.41, 5.74) is 4.80. The second kappa shape index (κ2) is 9.85. The Hall–Kier alpha value is -4.03. The molecular formula is C28H23N3O2S. The summed E-state index contributed by atoms with van der Waals surface area (Å²) in [5.74, 6) is 0.665. The smallest absolute Gasteiger partial charge is 0.233 e. The van der Waals surface area contributed by atoms with Crippen molar-refractivity contribution in [1.29, 1.82) is 0 Å². The summed E-state index contributed by atoms with van der Waals surface area (Å²) in [6.07, 6.45) is 2.01. The number of para-hydroxylation sites is 1. The van der Waals surface area contributed by atoms with Crippen molar-refractivity contribution in [3.05, 3.63) is 108 Å². The van der Waals surface area contributed by atoms with E-state index in [-0.39, 0.29) is 12.3 Å². The van der Waals surface area contributed by atoms with Gasteiger partial charge < -0.3 is 4.74 Å². The minimum Gasteiger partial charge on any atom is -0.494 e. The minimum atomic E-state index is -0.0314. The van der Waals surface area contributed by atoms with E-state index in [4.69, 9.17) is 9.72 Å². The third kappa shape index (κ3) is 4.67. The number of pyridine rings is 1. The molecule has 0 radical (unpaired) electrons. The fourth-order valence-electron chi connectivity index (χ4n) is 3.82. The summed E-state index contributed by atoms with van der Waals surface area (Å²) in [4.78, 5) is 24.4. The minimum absolute atomic E-state index is 0.0314. The Morgan fingerprint density at radius 3 is 2.38 bits per heavy atom. The standard InChI is InChI=1S/C28H23N3O2S/c1-33-24-11-7-12-25-27(24)30-28(34-25)31(19-23-10-5-6-17-29-23)26(32)18-20-13-15-22(16-14-20)21-8-3-2-4-9-21/h2-17H,18-19H2,1H3. The van der Waals surface area contributed by atoms with Gasteiger partial charge in [-0.25, -0.2) is 4.98 Å². The predicted molar refractivity (Wildman–Crippen MR) is 137 cm³/mol. The van der Waals surface area contributed by atoms with Crippen LogP contribution in [0.1, 0.15) is 11.3 Å². The molecule has 0 aliphatic rings. The quantitative estimate of drug-likeness (QED) is 0.290. The molecule has 6 heteroatoms. The maximum absolute atomic E-state index is 13.5. The average molecular weight is 466 g/mol. The molecule has 0 N–H and O–H groups in total. The van der Waals surface area contributed by atoms with Gasteiger partial charge in [0.1, 0.15) is 11.3 Å². The number of amides is 1. The molecule has 34 heavy (non-hydrogen) atoms. The molecule has 0 aliphatic heterocycles. The SMILES string of the molecule is COc1cccc2sc(N(Cc3ccccn3)C(=O)Cc3ccc(-c4ccccc4)cc3)nc12. The normalized spacial score (nSPS) is 10.9. The highest BCUT2D eigenvalue weighted by atomic mass is 32.1. The summed E-state index contributed by atoms with van der Waals surface area (Å²) in [6.45, 7) is 0.351. The van der Waals surface area contributed by atoms with Crippen LogP contribution in [0, 0.1) is 0 Å². The maximum atomic E-state index is 13.5. The Kier molecular flexibility index (Phi) is 6.31. The molecule has 0 atom stereocenters. The van der Waals surface area contributed by atoms with Crippen LogP contribution < -0.4 is 9.64 Å². The molecule has 1 amide bonds. The number of ether oxygens (including phenoxy) is 1. The first-order valence-corrected chi connectivity index (χ1v) is 11.8. The van der Waals surface area contributed by atoms with E-state index in [2.05, 4.69) is 29.2 Å². The van der Waals surface area contributed by atoms with Crippen molar-refractivity contribution >= 4 is 32.6 Å². The van der Waals surface area contributed by atoms with Crippen LogP contribution >= 0.6 is 11.3 Å². The zero-order valence-electron chi connectivity index (χ0n) is 18.7. The summed E-state index contributed by atoms with van der Waals surface area (Å²) in [7, 11) is 1.63. The van der Waals surface area contributed by atoms with Crippen LogP contribution in [0.3, 0.4) is 0 Å². The Bertz CT molecular complexity index is 1400. The molecule has 5 nitrogen and oxygen atoms in total. The first-order valence-electron chi connectivity index (χ1n) is 11.0. The molecular weight excluding hydrogens is 442 g/mol. The molecule has 0 bridgehead atoms. The van der Waals surface area contributed by atoms with E-state index in [1.54, 1.807) is 18.2 Å². The molecule has 0 fully saturated rings. The molecule has 168 valence electrons. The summed E-state index contributed by atoms with van der Waals surface area (Å²) < 4.78 is 6.44. The number of carbonyl (C=O) groups excluding carboxylic acids is 1. The molecule has 0 aliphatic carbocycles. The van der Waals surface area contributed by atoms with Crippen molar-refractivity contribution in [1.82, 2.24) is 9.97 Å². The molecule has 3 aromatic carbocycles. The van der Waals surface area contributed by atoms with Gasteiger partial charge in [-0.3, -0.25) is 14.7 Å². The lowest BCUT2D eigenvalue weighted by atomic mass is 10.0. The lowest BCUT2D eigenvalue weighted by Gasteiger charge is -2.19. The number of benzene rings is 3. The highest BCUT2D eigenvalue weighted by molar-refractivity contribution is 7.22. The topological polar surface area (TPSA) is 55.3 Å². The van der Waals surface area contributed by atoms with Gasteiger partial charge in [0, 0.05) is 6.20 Å². The lowest BCUT2D eigenvalue weighted by molar-refractivity contribution is -0.118. The van der Waals surface area contributed by atoms with Crippen molar-refractivity contribution in [3.8, 4) is 16.9 Å². The van der Waals surface area contributed by atoms with Gasteiger partial charge in [-0.2, -0.15) is 0 Å². The van der Waals surface area contributed by atoms with Gasteiger partial charge in [0.15, 0.2) is 5.13 Å². The van der Waals surface area contributed by atoms with Crippen LogP contribution in [0.2, 0.25) is 0 Å². The molecule has 0 saturated heterocycles. The number of carbonyl (C=O) groups is 1. The van der Waals surface area contributed by atoms with Crippen molar-refractivity contribution in [2.24, 2.45) is 0 Å². The number of thiazole rings is 1. The van der Waals surface area contributed by atoms with Gasteiger partial charge >= 0.3 is 0 Å². The Labute approximate surface area is 202 Å². The van der Waals surface area contributed by atoms with Crippen LogP contribution in [0.4, 0.5) is 5.13 Å². The van der Waals surface area contributed by atoms with E-state index >= 15 is 0 Å². The summed E-state index contributed by atoms with van der Waals surface area (Å²) in [6, 6.07) is 29.9. The molecule has 5 aromatic rings. The fraction of sp³-hybridized carbons (Fsp3) is 0.107. The van der Waals surface area contributed by atoms with Crippen molar-refractivity contribution < 1.29 is 9.53 Å². The van der Waals surface area contributed by atoms with Crippen molar-refractivity contribution in [2.75, 3.05) is 12.0 Å². The maximum Gasteiger partial charge on any atom is 0.233 e. The van der Waals surface area contributed by atoms with E-state index in [1.807, 2.05) is 66.7 Å². The molecule has 5 rings (SSSR count). The Morgan fingerprint density at radius 2 is 1.65 bits per heavy atom. The first-order chi connectivity index (χ1) is 16.7. The summed E-state index contributed by atoms with van der Waals surface area (Å²) >= 11 is 1.48. The second-order valence-corrected chi connectivity index (χ2v) is 8.85. The van der Waals surface area contributed by atoms with Crippen molar-refractivity contribution in [2.45, 2.75) is 13.0 Å². The summed E-state index contributed by atoms with van der Waals surface area (Å²) in [5, 5.41) is 0.635. The fourth-order valence-corrected chi connectivity index (χ4v) is 4.82. The van der Waals surface area contributed by atoms with E-state index in [9.17, 15) is 4.79 Å². The van der Waals surface area contributed by atoms with E-state index in [1.165, 1.54) is 11.3 Å². The van der Waals surface area contributed by atoms with Gasteiger partial charge in [-0.15, -0.1) is 0 Å². The van der Waals surface area contributed by atoms with Crippen LogP contribution in [-0.2, 0) is 17.8 Å². The Morgan fingerprint density at radius 1 is 0.882 bits per heavy atom. The second-order valence-electron chi connectivity index (χ2n) is 7.84. The van der Waals surface area contributed by atoms with E-state index in [0.29, 0.717) is 17.4 Å². The first kappa shape index (κ1) is 21.8. The van der Waals surface area contributed by atoms with E-state index < -0.39 is 0 Å². The van der Waals surface area contributed by atoms with Gasteiger partial charge in [0.2, 0.25) is 5.91 Å². The molecule has 2 heterocycles. The number of hydrogen-bond donors (Lipinski definition) is 0. The number of methoxy groups -OCH3 is 1. The predicted octanol–water partition coefficient (Wildman–Crippen LogP) is 6.14. The number of hydrogen-bond acceptors (Lipinski definition) is 5. The van der Waals surface area contributed by atoms with E-state index in [0.717, 1.165) is 32.6 Å². The molecule has 2 aromatic heterocycles. The van der Waals surface area contributed by atoms with Crippen LogP contribution in [-0.4, -0.2) is 23.0 Å². The number of aromatic nitrogens is 2. The Balaban J connectivity index is 1.44. The molecule has 0 unspecified atom stereocenters. The average Bonchev–Trinajstić information content (AvgIpc) is 3.33. The van der Waals surface area contributed by atoms with Crippen LogP contribution in [0.15, 0.2) is 97.2 Å². The number of fused-ring (bicyclic) bond motifs is 1. The van der Waals surface area contributed by atoms with Gasteiger partial charge in [-0.1, -0.05) is 78.1 Å². The van der Waals surface area contributed by atoms with Gasteiger partial charge in [0.25, 0.3) is 0 Å².